The van der Waals surface area contributed by atoms with Crippen molar-refractivity contribution in [2.75, 3.05) is 0 Å². The van der Waals surface area contributed by atoms with Gasteiger partial charge in [-0.15, -0.1) is 0 Å². The highest BCUT2D eigenvalue weighted by molar-refractivity contribution is 7.99. The van der Waals surface area contributed by atoms with E-state index in [-0.39, 0.29) is 0 Å². The van der Waals surface area contributed by atoms with E-state index in [0.717, 1.165) is 22.9 Å². The summed E-state index contributed by atoms with van der Waals surface area (Å²) in [7, 11) is 0. The molecule has 0 aliphatic rings. The van der Waals surface area contributed by atoms with Crippen molar-refractivity contribution >= 4 is 35.0 Å². The van der Waals surface area contributed by atoms with Gasteiger partial charge in [-0.1, -0.05) is 55.5 Å². The Kier molecular flexibility index (Phi) is 7.64. The minimum atomic E-state index is 0.576. The normalized spacial score (nSPS) is 12.5. The van der Waals surface area contributed by atoms with Gasteiger partial charge in [-0.3, -0.25) is 0 Å². The van der Waals surface area contributed by atoms with Gasteiger partial charge in [0.15, 0.2) is 0 Å². The molecule has 5 heteroatoms. The number of hydrogen-bond acceptors (Lipinski definition) is 2. The third kappa shape index (κ3) is 5.86. The Morgan fingerprint density at radius 1 is 1.27 bits per heavy atom. The Labute approximate surface area is 147 Å². The molecule has 0 saturated carbocycles. The summed E-state index contributed by atoms with van der Waals surface area (Å²) in [4.78, 5) is 4.13. The lowest BCUT2D eigenvalue weighted by molar-refractivity contribution is 0.581. The van der Waals surface area contributed by atoms with Crippen molar-refractivity contribution < 1.29 is 0 Å². The molecule has 0 saturated heterocycles. The van der Waals surface area contributed by atoms with E-state index in [1.54, 1.807) is 0 Å². The molecule has 2 rings (SSSR count). The van der Waals surface area contributed by atoms with Gasteiger partial charge in [-0.05, 0) is 24.1 Å². The van der Waals surface area contributed by atoms with Crippen molar-refractivity contribution in [1.82, 2.24) is 9.55 Å². The molecular weight excluding hydrogens is 335 g/mol. The molecule has 1 unspecified atom stereocenters. The standard InChI is InChI=1S/C17H22Cl2N2S/c1-2-3-4-5-16(11-21-9-8-20-13-21)22-12-14-6-7-15(18)10-17(14)19/h6-10,13,16H,2-5,11-12H2,1H3. The minimum absolute atomic E-state index is 0.576. The van der Waals surface area contributed by atoms with Crippen LogP contribution >= 0.6 is 35.0 Å². The topological polar surface area (TPSA) is 17.8 Å². The molecule has 1 heterocycles. The van der Waals surface area contributed by atoms with Crippen molar-refractivity contribution in [2.45, 2.75) is 50.2 Å². The largest absolute Gasteiger partial charge is 0.336 e. The molecule has 0 N–H and O–H groups in total. The van der Waals surface area contributed by atoms with Crippen molar-refractivity contribution in [1.29, 1.82) is 0 Å². The molecule has 0 amide bonds. The fourth-order valence-electron chi connectivity index (χ4n) is 2.33. The summed E-state index contributed by atoms with van der Waals surface area (Å²) in [6.45, 7) is 3.24. The smallest absolute Gasteiger partial charge is 0.0946 e. The van der Waals surface area contributed by atoms with Crippen molar-refractivity contribution in [3.8, 4) is 0 Å². The summed E-state index contributed by atoms with van der Waals surface area (Å²) in [5, 5.41) is 2.03. The summed E-state index contributed by atoms with van der Waals surface area (Å²) >= 11 is 14.2. The minimum Gasteiger partial charge on any atom is -0.336 e. The van der Waals surface area contributed by atoms with E-state index in [0.29, 0.717) is 10.3 Å². The summed E-state index contributed by atoms with van der Waals surface area (Å²) in [5.41, 5.74) is 1.15. The average molecular weight is 357 g/mol. The second-order valence-electron chi connectivity index (χ2n) is 5.42. The Hall–Kier alpha value is -0.640. The quantitative estimate of drug-likeness (QED) is 0.507. The van der Waals surface area contributed by atoms with Gasteiger partial charge in [0.1, 0.15) is 0 Å². The fourth-order valence-corrected chi connectivity index (χ4v) is 4.16. The third-order valence-corrected chi connectivity index (χ3v) is 5.51. The van der Waals surface area contributed by atoms with Gasteiger partial charge in [0.25, 0.3) is 0 Å². The van der Waals surface area contributed by atoms with Gasteiger partial charge in [0.05, 0.1) is 6.33 Å². The number of unbranched alkanes of at least 4 members (excludes halogenated alkanes) is 2. The van der Waals surface area contributed by atoms with E-state index in [2.05, 4.69) is 16.5 Å². The SMILES string of the molecule is CCCCCC(Cn1ccnc1)SCc1ccc(Cl)cc1Cl. The monoisotopic (exact) mass is 356 g/mol. The maximum atomic E-state index is 6.27. The van der Waals surface area contributed by atoms with Crippen LogP contribution < -0.4 is 0 Å². The highest BCUT2D eigenvalue weighted by Crippen LogP contribution is 2.29. The van der Waals surface area contributed by atoms with Gasteiger partial charge in [-0.2, -0.15) is 11.8 Å². The highest BCUT2D eigenvalue weighted by Gasteiger charge is 2.12. The van der Waals surface area contributed by atoms with Crippen molar-refractivity contribution in [2.24, 2.45) is 0 Å². The molecule has 0 radical (unpaired) electrons. The highest BCUT2D eigenvalue weighted by atomic mass is 35.5. The van der Waals surface area contributed by atoms with Crippen LogP contribution in [0.5, 0.6) is 0 Å². The van der Waals surface area contributed by atoms with Crippen LogP contribution in [0.2, 0.25) is 10.0 Å². The lowest BCUT2D eigenvalue weighted by Gasteiger charge is -2.17. The van der Waals surface area contributed by atoms with Crippen LogP contribution in [0.1, 0.15) is 38.2 Å². The van der Waals surface area contributed by atoms with Gasteiger partial charge >= 0.3 is 0 Å². The van der Waals surface area contributed by atoms with Gasteiger partial charge in [0.2, 0.25) is 0 Å². The molecule has 22 heavy (non-hydrogen) atoms. The second-order valence-corrected chi connectivity index (χ2v) is 7.56. The van der Waals surface area contributed by atoms with Crippen LogP contribution in [0, 0.1) is 0 Å². The van der Waals surface area contributed by atoms with E-state index in [1.165, 1.54) is 25.7 Å². The molecule has 1 aromatic heterocycles. The molecule has 0 bridgehead atoms. The summed E-state index contributed by atoms with van der Waals surface area (Å²) < 4.78 is 2.16. The number of nitrogens with zero attached hydrogens (tertiary/aromatic N) is 2. The zero-order valence-corrected chi connectivity index (χ0v) is 15.2. The predicted molar refractivity (Wildman–Crippen MR) is 97.9 cm³/mol. The summed E-state index contributed by atoms with van der Waals surface area (Å²) in [6.07, 6.45) is 10.8. The number of hydrogen-bond donors (Lipinski definition) is 0. The molecule has 2 nitrogen and oxygen atoms in total. The fraction of sp³-hybridized carbons (Fsp3) is 0.471. The molecule has 0 fully saturated rings. The zero-order chi connectivity index (χ0) is 15.8. The van der Waals surface area contributed by atoms with Gasteiger partial charge in [0, 0.05) is 40.0 Å². The Morgan fingerprint density at radius 2 is 2.14 bits per heavy atom. The summed E-state index contributed by atoms with van der Waals surface area (Å²) in [6, 6.07) is 5.75. The number of rotatable bonds is 9. The third-order valence-electron chi connectivity index (χ3n) is 3.59. The molecule has 2 aromatic rings. The van der Waals surface area contributed by atoms with Gasteiger partial charge < -0.3 is 4.57 Å². The van der Waals surface area contributed by atoms with Gasteiger partial charge in [-0.25, -0.2) is 4.98 Å². The molecule has 120 valence electrons. The van der Waals surface area contributed by atoms with Crippen LogP contribution in [0.4, 0.5) is 0 Å². The van der Waals surface area contributed by atoms with Crippen LogP contribution in [0.15, 0.2) is 36.9 Å². The van der Waals surface area contributed by atoms with Crippen molar-refractivity contribution in [3.63, 3.8) is 0 Å². The number of halogens is 2. The molecule has 0 spiro atoms. The zero-order valence-electron chi connectivity index (χ0n) is 12.8. The summed E-state index contributed by atoms with van der Waals surface area (Å²) in [5.74, 6) is 0.918. The first-order chi connectivity index (χ1) is 10.7. The Balaban J connectivity index is 1.92. The maximum absolute atomic E-state index is 6.27. The lowest BCUT2D eigenvalue weighted by atomic mass is 10.1. The van der Waals surface area contributed by atoms with Crippen LogP contribution in [-0.2, 0) is 12.3 Å². The molecule has 0 aliphatic heterocycles. The van der Waals surface area contributed by atoms with E-state index in [9.17, 15) is 0 Å². The Morgan fingerprint density at radius 3 is 2.82 bits per heavy atom. The van der Waals surface area contributed by atoms with Crippen LogP contribution in [0.3, 0.4) is 0 Å². The molecule has 1 atom stereocenters. The molecule has 0 aliphatic carbocycles. The number of benzene rings is 1. The van der Waals surface area contributed by atoms with Crippen molar-refractivity contribution in [3.05, 3.63) is 52.5 Å². The maximum Gasteiger partial charge on any atom is 0.0946 e. The lowest BCUT2D eigenvalue weighted by Crippen LogP contribution is -2.12. The van der Waals surface area contributed by atoms with E-state index < -0.39 is 0 Å². The molecule has 1 aromatic carbocycles. The number of imidazole rings is 1. The first-order valence-electron chi connectivity index (χ1n) is 7.70. The Bertz CT molecular complexity index is 558. The predicted octanol–water partition coefficient (Wildman–Crippen LogP) is 6.07. The second kappa shape index (κ2) is 9.49. The van der Waals surface area contributed by atoms with Crippen LogP contribution in [0.25, 0.3) is 0 Å². The first kappa shape index (κ1) is 17.7. The average Bonchev–Trinajstić information content (AvgIpc) is 2.99. The number of thioether (sulfide) groups is 1. The van der Waals surface area contributed by atoms with E-state index >= 15 is 0 Å². The van der Waals surface area contributed by atoms with Crippen LogP contribution in [-0.4, -0.2) is 14.8 Å². The van der Waals surface area contributed by atoms with E-state index in [1.807, 2.05) is 48.7 Å². The first-order valence-corrected chi connectivity index (χ1v) is 9.50. The molecular formula is C17H22Cl2N2S. The van der Waals surface area contributed by atoms with E-state index in [4.69, 9.17) is 23.2 Å². The number of aromatic nitrogens is 2.